The highest BCUT2D eigenvalue weighted by Crippen LogP contribution is 2.27. The third-order valence-electron chi connectivity index (χ3n) is 2.14. The summed E-state index contributed by atoms with van der Waals surface area (Å²) in [5.74, 6) is -0.969. The zero-order valence-electron chi connectivity index (χ0n) is 9.12. The highest BCUT2D eigenvalue weighted by Gasteiger charge is 2.07. The number of thiazole rings is 1. The third-order valence-corrected chi connectivity index (χ3v) is 3.07. The van der Waals surface area contributed by atoms with E-state index < -0.39 is 5.97 Å². The number of hydrogen-bond donors (Lipinski definition) is 1. The van der Waals surface area contributed by atoms with Crippen LogP contribution in [0, 0.1) is 6.92 Å². The molecule has 5 heteroatoms. The number of aliphatic carboxylic acids is 1. The van der Waals surface area contributed by atoms with Gasteiger partial charge in [0.25, 0.3) is 0 Å². The Balaban J connectivity index is 2.35. The van der Waals surface area contributed by atoms with Crippen molar-refractivity contribution in [3.8, 4) is 11.3 Å². The minimum Gasteiger partial charge on any atom is -0.478 e. The van der Waals surface area contributed by atoms with Crippen LogP contribution in [0.3, 0.4) is 0 Å². The third kappa shape index (κ3) is 2.76. The van der Waals surface area contributed by atoms with Crippen molar-refractivity contribution in [2.24, 2.45) is 0 Å². The van der Waals surface area contributed by atoms with Crippen molar-refractivity contribution >= 4 is 23.4 Å². The Morgan fingerprint density at radius 2 is 2.12 bits per heavy atom. The Kier molecular flexibility index (Phi) is 3.30. The molecule has 2 heterocycles. The zero-order chi connectivity index (χ0) is 12.3. The molecule has 0 bridgehead atoms. The van der Waals surface area contributed by atoms with Crippen LogP contribution in [0.15, 0.2) is 30.6 Å². The number of aromatic nitrogens is 2. The molecule has 1 N–H and O–H groups in total. The van der Waals surface area contributed by atoms with Gasteiger partial charge in [-0.15, -0.1) is 11.3 Å². The van der Waals surface area contributed by atoms with Gasteiger partial charge in [0, 0.05) is 28.9 Å². The molecular weight excluding hydrogens is 236 g/mol. The largest absolute Gasteiger partial charge is 0.478 e. The first-order valence-electron chi connectivity index (χ1n) is 4.95. The maximum atomic E-state index is 10.4. The molecule has 0 fully saturated rings. The lowest BCUT2D eigenvalue weighted by atomic mass is 10.2. The van der Waals surface area contributed by atoms with Crippen molar-refractivity contribution in [3.63, 3.8) is 0 Å². The van der Waals surface area contributed by atoms with E-state index in [0.29, 0.717) is 5.01 Å². The minimum absolute atomic E-state index is 0.691. The van der Waals surface area contributed by atoms with E-state index in [1.807, 2.05) is 19.1 Å². The smallest absolute Gasteiger partial charge is 0.328 e. The van der Waals surface area contributed by atoms with Crippen LogP contribution in [-0.4, -0.2) is 21.0 Å². The number of nitrogens with zero attached hydrogens (tertiary/aromatic N) is 2. The number of carboxylic acids is 1. The van der Waals surface area contributed by atoms with E-state index in [1.54, 1.807) is 12.4 Å². The second-order valence-electron chi connectivity index (χ2n) is 3.36. The van der Waals surface area contributed by atoms with Gasteiger partial charge in [-0.1, -0.05) is 0 Å². The van der Waals surface area contributed by atoms with Crippen molar-refractivity contribution in [1.82, 2.24) is 9.97 Å². The van der Waals surface area contributed by atoms with Gasteiger partial charge in [0.05, 0.1) is 5.69 Å². The summed E-state index contributed by atoms with van der Waals surface area (Å²) in [4.78, 5) is 19.8. The Labute approximate surface area is 102 Å². The summed E-state index contributed by atoms with van der Waals surface area (Å²) in [5, 5.41) is 9.24. The van der Waals surface area contributed by atoms with Gasteiger partial charge >= 0.3 is 5.97 Å². The van der Waals surface area contributed by atoms with E-state index >= 15 is 0 Å². The fraction of sp³-hybridized carbons (Fsp3) is 0.0833. The fourth-order valence-corrected chi connectivity index (χ4v) is 2.26. The standard InChI is InChI=1S/C12H10N2O2S/c1-8-12(9-4-6-13-7-5-9)14-10(17-8)2-3-11(15)16/h2-7H,1H3,(H,15,16)/b3-2+. The van der Waals surface area contributed by atoms with Crippen molar-refractivity contribution in [1.29, 1.82) is 0 Å². The number of carbonyl (C=O) groups is 1. The van der Waals surface area contributed by atoms with Crippen molar-refractivity contribution in [2.45, 2.75) is 6.92 Å². The molecule has 0 saturated carbocycles. The molecule has 0 atom stereocenters. The first-order chi connectivity index (χ1) is 8.16. The Bertz CT molecular complexity index is 561. The average molecular weight is 246 g/mol. The van der Waals surface area contributed by atoms with Gasteiger partial charge in [0.15, 0.2) is 0 Å². The van der Waals surface area contributed by atoms with E-state index in [1.165, 1.54) is 17.4 Å². The maximum Gasteiger partial charge on any atom is 0.328 e. The maximum absolute atomic E-state index is 10.4. The lowest BCUT2D eigenvalue weighted by Crippen LogP contribution is -1.85. The highest BCUT2D eigenvalue weighted by molar-refractivity contribution is 7.12. The monoisotopic (exact) mass is 246 g/mol. The second-order valence-corrected chi connectivity index (χ2v) is 4.60. The van der Waals surface area contributed by atoms with E-state index in [9.17, 15) is 4.79 Å². The van der Waals surface area contributed by atoms with E-state index in [2.05, 4.69) is 9.97 Å². The summed E-state index contributed by atoms with van der Waals surface area (Å²) < 4.78 is 0. The second kappa shape index (κ2) is 4.88. The van der Waals surface area contributed by atoms with Gasteiger partial charge < -0.3 is 5.11 Å². The summed E-state index contributed by atoms with van der Waals surface area (Å²) in [7, 11) is 0. The van der Waals surface area contributed by atoms with Gasteiger partial charge in [-0.2, -0.15) is 0 Å². The molecule has 0 radical (unpaired) electrons. The predicted octanol–water partition coefficient (Wildman–Crippen LogP) is 2.61. The van der Waals surface area contributed by atoms with Gasteiger partial charge in [0.1, 0.15) is 5.01 Å². The van der Waals surface area contributed by atoms with Gasteiger partial charge in [-0.3, -0.25) is 4.98 Å². The molecule has 0 saturated heterocycles. The molecule has 2 aromatic heterocycles. The quantitative estimate of drug-likeness (QED) is 0.845. The lowest BCUT2D eigenvalue weighted by Gasteiger charge is -1.95. The Morgan fingerprint density at radius 1 is 1.41 bits per heavy atom. The van der Waals surface area contributed by atoms with Crippen LogP contribution in [-0.2, 0) is 4.79 Å². The number of rotatable bonds is 3. The van der Waals surface area contributed by atoms with Crippen LogP contribution >= 0.6 is 11.3 Å². The number of hydrogen-bond acceptors (Lipinski definition) is 4. The SMILES string of the molecule is Cc1sc(/C=C/C(=O)O)nc1-c1ccncc1. The molecule has 2 rings (SSSR count). The molecule has 17 heavy (non-hydrogen) atoms. The molecule has 0 aromatic carbocycles. The van der Waals surface area contributed by atoms with E-state index in [-0.39, 0.29) is 0 Å². The zero-order valence-corrected chi connectivity index (χ0v) is 9.94. The molecule has 2 aromatic rings. The topological polar surface area (TPSA) is 63.1 Å². The minimum atomic E-state index is -0.969. The molecule has 0 unspecified atom stereocenters. The summed E-state index contributed by atoms with van der Waals surface area (Å²) in [6.45, 7) is 1.96. The normalized spacial score (nSPS) is 10.9. The highest BCUT2D eigenvalue weighted by atomic mass is 32.1. The van der Waals surface area contributed by atoms with Crippen molar-refractivity contribution < 1.29 is 9.90 Å². The predicted molar refractivity (Wildman–Crippen MR) is 66.8 cm³/mol. The molecule has 0 amide bonds. The van der Waals surface area contributed by atoms with Crippen LogP contribution in [0.4, 0.5) is 0 Å². The van der Waals surface area contributed by atoms with Crippen LogP contribution in [0.5, 0.6) is 0 Å². The van der Waals surface area contributed by atoms with Crippen LogP contribution in [0.2, 0.25) is 0 Å². The molecule has 0 spiro atoms. The van der Waals surface area contributed by atoms with E-state index in [4.69, 9.17) is 5.11 Å². The average Bonchev–Trinajstić information content (AvgIpc) is 2.69. The summed E-state index contributed by atoms with van der Waals surface area (Å²) in [6.07, 6.45) is 6.01. The number of aryl methyl sites for hydroxylation is 1. The molecule has 0 aliphatic rings. The van der Waals surface area contributed by atoms with Crippen molar-refractivity contribution in [2.75, 3.05) is 0 Å². The van der Waals surface area contributed by atoms with E-state index in [0.717, 1.165) is 22.2 Å². The van der Waals surface area contributed by atoms with Gasteiger partial charge in [0.2, 0.25) is 0 Å². The number of carboxylic acid groups (broad SMARTS) is 1. The summed E-state index contributed by atoms with van der Waals surface area (Å²) in [5.41, 5.74) is 1.87. The summed E-state index contributed by atoms with van der Waals surface area (Å²) in [6, 6.07) is 3.76. The Morgan fingerprint density at radius 3 is 2.76 bits per heavy atom. The summed E-state index contributed by atoms with van der Waals surface area (Å²) >= 11 is 1.47. The first-order valence-corrected chi connectivity index (χ1v) is 5.77. The first kappa shape index (κ1) is 11.5. The fourth-order valence-electron chi connectivity index (χ4n) is 1.41. The van der Waals surface area contributed by atoms with Crippen LogP contribution in [0.25, 0.3) is 17.3 Å². The van der Waals surface area contributed by atoms with Crippen LogP contribution in [0.1, 0.15) is 9.88 Å². The van der Waals surface area contributed by atoms with Gasteiger partial charge in [-0.05, 0) is 25.1 Å². The Hall–Kier alpha value is -2.01. The molecule has 0 aliphatic heterocycles. The molecule has 0 aliphatic carbocycles. The van der Waals surface area contributed by atoms with Gasteiger partial charge in [-0.25, -0.2) is 9.78 Å². The van der Waals surface area contributed by atoms with Crippen molar-refractivity contribution in [3.05, 3.63) is 40.5 Å². The lowest BCUT2D eigenvalue weighted by molar-refractivity contribution is -0.131. The molecule has 86 valence electrons. The number of pyridine rings is 1. The molecular formula is C12H10N2O2S. The van der Waals surface area contributed by atoms with Crippen LogP contribution < -0.4 is 0 Å². The molecule has 4 nitrogen and oxygen atoms in total.